The SMILES string of the molecule is CC(=O)C=C(C)O.CC(=O)C=C(C)O.CC(=O)C=C(C)O.Cc1cc(-c2[c-]cccc2)ncc1-c1ccccc1.[Ir].[Ir].[Ir].[Ir].[c-]1ccccc1-c1ccccn1.[c-]1ccccc1-c1ncc(-c2ccccc2)o1.[c-]1ccccc1-c1ncco1.[c-]1ccccc1C1=NC2C=CC=CC2O1. The van der Waals surface area contributed by atoms with Gasteiger partial charge in [-0.15, -0.1) is 163 Å². The summed E-state index contributed by atoms with van der Waals surface area (Å²) in [5.74, 6) is 2.50. The predicted molar refractivity (Wildman–Crippen MR) is 374 cm³/mol. The van der Waals surface area contributed by atoms with Gasteiger partial charge in [-0.2, -0.15) is 0 Å². The number of benzene rings is 7. The van der Waals surface area contributed by atoms with Crippen molar-refractivity contribution in [2.75, 3.05) is 0 Å². The molecule has 14 nitrogen and oxygen atoms in total. The monoisotopic (exact) mass is 2030 g/mol. The molecule has 0 amide bonds. The van der Waals surface area contributed by atoms with Crippen LogP contribution in [-0.2, 0) is 99.5 Å². The molecule has 2 unspecified atom stereocenters. The van der Waals surface area contributed by atoms with E-state index >= 15 is 0 Å². The van der Waals surface area contributed by atoms with Crippen LogP contribution in [0.2, 0.25) is 0 Å². The molecule has 2 aliphatic rings. The minimum Gasteiger partial charge on any atom is -0.512 e. The number of aliphatic hydroxyl groups excluding tert-OH is 3. The van der Waals surface area contributed by atoms with Crippen LogP contribution in [0.15, 0.2) is 311 Å². The summed E-state index contributed by atoms with van der Waals surface area (Å²) < 4.78 is 16.5. The summed E-state index contributed by atoms with van der Waals surface area (Å²) in [7, 11) is 0. The molecule has 0 bridgehead atoms. The number of aryl methyl sites for hydroxylation is 1. The summed E-state index contributed by atoms with van der Waals surface area (Å²) in [5.41, 5.74) is 11.3. The van der Waals surface area contributed by atoms with Crippen molar-refractivity contribution < 1.29 is 124 Å². The van der Waals surface area contributed by atoms with Gasteiger partial charge in [0.15, 0.2) is 17.3 Å². The van der Waals surface area contributed by atoms with Gasteiger partial charge in [0.25, 0.3) is 0 Å². The van der Waals surface area contributed by atoms with E-state index < -0.39 is 0 Å². The van der Waals surface area contributed by atoms with E-state index in [1.165, 1.54) is 76.5 Å². The smallest absolute Gasteiger partial charge is 0.155 e. The molecule has 99 heavy (non-hydrogen) atoms. The molecule has 1 aliphatic heterocycles. The van der Waals surface area contributed by atoms with Gasteiger partial charge in [-0.3, -0.25) is 29.3 Å². The first-order valence-electron chi connectivity index (χ1n) is 29.9. The quantitative estimate of drug-likeness (QED) is 0.0662. The van der Waals surface area contributed by atoms with Gasteiger partial charge >= 0.3 is 0 Å². The number of fused-ring (bicyclic) bond motifs is 1. The van der Waals surface area contributed by atoms with Gasteiger partial charge in [0.2, 0.25) is 0 Å². The third-order valence-electron chi connectivity index (χ3n) is 12.5. The zero-order chi connectivity index (χ0) is 68.0. The maximum absolute atomic E-state index is 10.0. The number of ketones is 3. The number of rotatable bonds is 10. The molecule has 11 aromatic rings. The molecule has 7 aromatic carbocycles. The average Bonchev–Trinajstić information content (AvgIpc) is 1.66. The minimum atomic E-state index is -0.125. The summed E-state index contributed by atoms with van der Waals surface area (Å²) in [5, 5.41) is 25.1. The van der Waals surface area contributed by atoms with Crippen LogP contribution in [0.5, 0.6) is 0 Å². The molecular formula is C81H72Ir4N5O9-5. The number of pyridine rings is 2. The van der Waals surface area contributed by atoms with Crippen molar-refractivity contribution in [1.82, 2.24) is 19.9 Å². The maximum Gasteiger partial charge on any atom is 0.155 e. The molecule has 13 rings (SSSR count). The van der Waals surface area contributed by atoms with Gasteiger partial charge in [-0.05, 0) is 83.1 Å². The zero-order valence-corrected chi connectivity index (χ0v) is 64.7. The summed E-state index contributed by atoms with van der Waals surface area (Å²) in [6.07, 6.45) is 20.3. The summed E-state index contributed by atoms with van der Waals surface area (Å²) in [6.45, 7) is 10.7. The van der Waals surface area contributed by atoms with Crippen LogP contribution < -0.4 is 0 Å². The molecule has 516 valence electrons. The number of nitrogens with zero attached hydrogens (tertiary/aromatic N) is 5. The van der Waals surface area contributed by atoms with Gasteiger partial charge in [-0.25, -0.2) is 0 Å². The maximum atomic E-state index is 10.0. The number of carbonyl (C=O) groups is 3. The molecule has 5 heterocycles. The number of aliphatic hydroxyl groups is 3. The third-order valence-corrected chi connectivity index (χ3v) is 12.5. The number of oxazole rings is 2. The van der Waals surface area contributed by atoms with Crippen molar-refractivity contribution in [3.63, 3.8) is 0 Å². The third kappa shape index (κ3) is 32.6. The van der Waals surface area contributed by atoms with Crippen molar-refractivity contribution >= 4 is 23.2 Å². The van der Waals surface area contributed by atoms with Crippen LogP contribution in [0.3, 0.4) is 0 Å². The Hall–Kier alpha value is -9.56. The number of aromatic nitrogens is 4. The number of ether oxygens (including phenoxy) is 1. The number of carbonyl (C=O) groups excluding carboxylic acids is 3. The van der Waals surface area contributed by atoms with E-state index in [9.17, 15) is 14.4 Å². The number of allylic oxidation sites excluding steroid dienone is 8. The molecule has 0 spiro atoms. The zero-order valence-electron chi connectivity index (χ0n) is 55.1. The van der Waals surface area contributed by atoms with Gasteiger partial charge in [0, 0.05) is 122 Å². The summed E-state index contributed by atoms with van der Waals surface area (Å²) >= 11 is 0. The normalized spacial score (nSPS) is 12.6. The molecule has 0 saturated heterocycles. The van der Waals surface area contributed by atoms with E-state index in [1.54, 1.807) is 24.9 Å². The van der Waals surface area contributed by atoms with Crippen LogP contribution in [0.4, 0.5) is 0 Å². The van der Waals surface area contributed by atoms with Gasteiger partial charge in [0.05, 0.1) is 35.9 Å². The van der Waals surface area contributed by atoms with E-state index in [0.717, 1.165) is 50.5 Å². The summed E-state index contributed by atoms with van der Waals surface area (Å²) in [4.78, 5) is 51.6. The first-order valence-corrected chi connectivity index (χ1v) is 29.9. The second-order valence-corrected chi connectivity index (χ2v) is 20.5. The Bertz CT molecular complexity index is 4090. The largest absolute Gasteiger partial charge is 0.512 e. The first kappa shape index (κ1) is 85.5. The fraction of sp³-hybridized carbons (Fsp3) is 0.111. The molecular weight excluding hydrogens is 1960 g/mol. The van der Waals surface area contributed by atoms with Crippen LogP contribution in [0.25, 0.3) is 67.9 Å². The molecule has 1 aliphatic carbocycles. The predicted octanol–water partition coefficient (Wildman–Crippen LogP) is 18.3. The van der Waals surface area contributed by atoms with Crippen molar-refractivity contribution in [1.29, 1.82) is 0 Å². The Kier molecular flexibility index (Phi) is 41.6. The van der Waals surface area contributed by atoms with E-state index in [0.29, 0.717) is 17.7 Å². The van der Waals surface area contributed by atoms with Crippen LogP contribution in [0.1, 0.15) is 52.7 Å². The van der Waals surface area contributed by atoms with Gasteiger partial charge in [-0.1, -0.05) is 114 Å². The standard InChI is InChI=1S/C18H14N.C15H10NO.C13H10NO.C11H8N.C9H6NO.3C5H8O2.4Ir/c1-14-12-18(16-10-6-3-7-11-16)19-13-17(14)15-8-4-2-5-9-15;1-3-7-12(8-4-1)14-11-16-15(17-14)13-9-5-2-6-10-13;1-2-6-10(7-3-1)13-14-11-8-4-5-9-12(11)15-13;1-2-6-10(7-3-1)11-8-4-5-9-12-11;1-2-4-8(5-3-1)9-10-6-7-11-9;3*1-4(6)3-5(2)7;;;;/h2-10,12-13H,1H3;1-9,11H;1-6,8-9,11-12H;1-6,8-9H;1-4,6-7H;3*3,6H,1-2H3;;;;/q5*-1;;;;;;;. The Morgan fingerprint density at radius 3 is 1.30 bits per heavy atom. The van der Waals surface area contributed by atoms with E-state index in [2.05, 4.69) is 86.5 Å². The van der Waals surface area contributed by atoms with Crippen LogP contribution in [0, 0.1) is 37.3 Å². The van der Waals surface area contributed by atoms with Crippen molar-refractivity contribution in [2.45, 2.75) is 60.6 Å². The Balaban J connectivity index is 0.000000393. The second kappa shape index (κ2) is 48.2. The fourth-order valence-corrected chi connectivity index (χ4v) is 8.43. The van der Waals surface area contributed by atoms with Crippen molar-refractivity contribution in [2.24, 2.45) is 4.99 Å². The Labute approximate surface area is 633 Å². The number of aliphatic imine (C=N–C) groups is 1. The summed E-state index contributed by atoms with van der Waals surface area (Å²) in [6, 6.07) is 82.7. The average molecular weight is 2030 g/mol. The molecule has 4 radical (unpaired) electrons. The minimum absolute atomic E-state index is 0. The number of hydrogen-bond donors (Lipinski definition) is 3. The van der Waals surface area contributed by atoms with Crippen LogP contribution >= 0.6 is 0 Å². The molecule has 0 fully saturated rings. The fourth-order valence-electron chi connectivity index (χ4n) is 8.43. The molecule has 3 N–H and O–H groups in total. The van der Waals surface area contributed by atoms with Crippen molar-refractivity contribution in [3.05, 3.63) is 339 Å². The Morgan fingerprint density at radius 1 is 0.444 bits per heavy atom. The molecule has 4 aromatic heterocycles. The Morgan fingerprint density at radius 2 is 0.889 bits per heavy atom. The molecule has 0 saturated carbocycles. The van der Waals surface area contributed by atoms with E-state index in [1.807, 2.05) is 212 Å². The first-order chi connectivity index (χ1) is 46.0. The second-order valence-electron chi connectivity index (χ2n) is 20.5. The van der Waals surface area contributed by atoms with E-state index in [4.69, 9.17) is 28.9 Å². The molecule has 2 atom stereocenters. The van der Waals surface area contributed by atoms with E-state index in [-0.39, 0.29) is 127 Å². The van der Waals surface area contributed by atoms with Gasteiger partial charge in [0.1, 0.15) is 35.6 Å². The molecule has 18 heteroatoms. The number of hydrogen-bond acceptors (Lipinski definition) is 14. The van der Waals surface area contributed by atoms with Crippen molar-refractivity contribution in [3.8, 4) is 67.9 Å². The topological polar surface area (TPSA) is 211 Å². The van der Waals surface area contributed by atoms with Crippen LogP contribution in [-0.4, -0.2) is 70.6 Å². The van der Waals surface area contributed by atoms with Gasteiger partial charge < -0.3 is 38.9 Å².